The van der Waals surface area contributed by atoms with Gasteiger partial charge >= 0.3 is 0 Å². The Morgan fingerprint density at radius 2 is 1.16 bits per heavy atom. The van der Waals surface area contributed by atoms with Crippen molar-refractivity contribution in [2.24, 2.45) is 17.8 Å². The molecular weight excluding hydrogens is 847 g/mol. The van der Waals surface area contributed by atoms with Gasteiger partial charge in [0.05, 0.1) is 5.69 Å². The Balaban J connectivity index is 1.06. The Morgan fingerprint density at radius 3 is 1.87 bits per heavy atom. The van der Waals surface area contributed by atoms with Crippen LogP contribution in [0.25, 0.3) is 0 Å². The molecule has 4 aliphatic carbocycles. The molecule has 3 heterocycles. The second kappa shape index (κ2) is 15.8. The molecule has 0 saturated heterocycles. The first-order valence-electron chi connectivity index (χ1n) is 25.9. The van der Waals surface area contributed by atoms with Crippen molar-refractivity contribution >= 4 is 104 Å². The molecule has 4 bridgehead atoms. The highest BCUT2D eigenvalue weighted by atomic mass is 16.5. The SMILES string of the molecule is Cc1cc(C)c2c(c1)Nc1ccccc1B2c1cc2c(cc1C)N(C13CC4CC(CC(C4)C1)C3)c1cc(N(c3ccccc3)c3ccccc3)cc3c1B2c1cc([B]c2ccccc2C)c(C)cc1O3. The van der Waals surface area contributed by atoms with E-state index in [1.54, 1.807) is 0 Å². The summed E-state index contributed by atoms with van der Waals surface area (Å²) in [6, 6.07) is 59.4. The van der Waals surface area contributed by atoms with Gasteiger partial charge in [-0.1, -0.05) is 136 Å². The Kier molecular flexibility index (Phi) is 9.52. The topological polar surface area (TPSA) is 27.7 Å². The summed E-state index contributed by atoms with van der Waals surface area (Å²) in [6.07, 6.45) is 7.88. The summed E-state index contributed by atoms with van der Waals surface area (Å²) in [5.74, 6) is 4.22. The number of benzene rings is 8. The number of ether oxygens (including phenoxy) is 1. The quantitative estimate of drug-likeness (QED) is 0.161. The molecule has 1 radical (unpaired) electrons. The molecule has 4 nitrogen and oxygen atoms in total. The molecule has 15 rings (SSSR count). The van der Waals surface area contributed by atoms with Gasteiger partial charge in [-0.3, -0.25) is 0 Å². The fourth-order valence-electron chi connectivity index (χ4n) is 15.0. The molecule has 0 atom stereocenters. The first-order chi connectivity index (χ1) is 34.2. The molecule has 4 saturated carbocycles. The summed E-state index contributed by atoms with van der Waals surface area (Å²) in [4.78, 5) is 5.38. The predicted octanol–water partition coefficient (Wildman–Crippen LogP) is 9.97. The summed E-state index contributed by atoms with van der Waals surface area (Å²) in [5.41, 5.74) is 25.5. The van der Waals surface area contributed by atoms with Crippen LogP contribution in [-0.2, 0) is 0 Å². The van der Waals surface area contributed by atoms with Crippen LogP contribution in [0.2, 0.25) is 0 Å². The van der Waals surface area contributed by atoms with Gasteiger partial charge in [-0.05, 0) is 178 Å². The second-order valence-corrected chi connectivity index (χ2v) is 22.1. The van der Waals surface area contributed by atoms with E-state index < -0.39 is 0 Å². The minimum atomic E-state index is -0.0515. The standard InChI is InChI=1S/C63H57B3N3O/c1-38-24-42(5)61-56(25-38)67-55-23-15-14-22-51(55)65(61)52-34-53-57(26-41(52)4)69(63-35-43-28-44(36-63)30-45(29-43)37-63)58-31-48(68(46-17-8-6-9-18-46)47-19-10-7-11-20-47)32-60-62(58)66(53)54-33-50(40(3)27-59(54)70-60)64-49-21-13-12-16-39(49)2/h6-27,31-34,43-45,67H,28-30,35-37H2,1-5H3. The van der Waals surface area contributed by atoms with E-state index in [2.05, 4.69) is 215 Å². The second-order valence-electron chi connectivity index (χ2n) is 22.1. The summed E-state index contributed by atoms with van der Waals surface area (Å²) in [6.45, 7) is 11.4. The lowest BCUT2D eigenvalue weighted by molar-refractivity contribution is 0.000631. The number of nitrogens with one attached hydrogen (secondary N) is 1. The highest BCUT2D eigenvalue weighted by molar-refractivity contribution is 7.01. The molecule has 7 heteroatoms. The van der Waals surface area contributed by atoms with Gasteiger partial charge in [-0.2, -0.15) is 0 Å². The molecule has 8 aromatic rings. The van der Waals surface area contributed by atoms with Crippen LogP contribution in [0.3, 0.4) is 0 Å². The third kappa shape index (κ3) is 6.53. The number of rotatable bonds is 7. The number of hydrogen-bond acceptors (Lipinski definition) is 4. The minimum absolute atomic E-state index is 0.0124. The Hall–Kier alpha value is -6.85. The number of hydrogen-bond donors (Lipinski definition) is 1. The maximum atomic E-state index is 7.49. The zero-order valence-electron chi connectivity index (χ0n) is 41.0. The molecule has 0 amide bonds. The monoisotopic (exact) mass is 904 g/mol. The van der Waals surface area contributed by atoms with E-state index in [9.17, 15) is 0 Å². The van der Waals surface area contributed by atoms with Crippen molar-refractivity contribution in [3.8, 4) is 11.5 Å². The smallest absolute Gasteiger partial charge is 0.256 e. The third-order valence-electron chi connectivity index (χ3n) is 17.5. The summed E-state index contributed by atoms with van der Waals surface area (Å²) < 4.78 is 7.49. The van der Waals surface area contributed by atoms with Gasteiger partial charge in [0.2, 0.25) is 6.71 Å². The van der Waals surface area contributed by atoms with Gasteiger partial charge < -0.3 is 19.9 Å². The maximum Gasteiger partial charge on any atom is 0.256 e. The van der Waals surface area contributed by atoms with Crippen LogP contribution >= 0.6 is 0 Å². The lowest BCUT2D eigenvalue weighted by Crippen LogP contribution is -2.67. The average Bonchev–Trinajstić information content (AvgIpc) is 3.34. The first-order valence-corrected chi connectivity index (χ1v) is 25.9. The van der Waals surface area contributed by atoms with Crippen LogP contribution in [0.5, 0.6) is 11.5 Å². The Labute approximate surface area is 415 Å². The number of nitrogens with zero attached hydrogens (tertiary/aromatic N) is 2. The zero-order chi connectivity index (χ0) is 47.0. The summed E-state index contributed by atoms with van der Waals surface area (Å²) in [7, 11) is 2.39. The molecule has 4 fully saturated rings. The van der Waals surface area contributed by atoms with Gasteiger partial charge in [-0.15, -0.1) is 0 Å². The normalized spacial score (nSPS) is 20.6. The van der Waals surface area contributed by atoms with Crippen molar-refractivity contribution in [2.45, 2.75) is 78.7 Å². The molecule has 7 aliphatic rings. The predicted molar refractivity (Wildman–Crippen MR) is 298 cm³/mol. The van der Waals surface area contributed by atoms with E-state index in [1.165, 1.54) is 133 Å². The van der Waals surface area contributed by atoms with Crippen LogP contribution < -0.4 is 63.6 Å². The Bertz CT molecular complexity index is 3370. The van der Waals surface area contributed by atoms with Crippen molar-refractivity contribution in [3.63, 3.8) is 0 Å². The van der Waals surface area contributed by atoms with Crippen molar-refractivity contribution in [1.29, 1.82) is 0 Å². The molecule has 70 heavy (non-hydrogen) atoms. The van der Waals surface area contributed by atoms with Crippen LogP contribution in [-0.4, -0.2) is 26.2 Å². The lowest BCUT2D eigenvalue weighted by Gasteiger charge is -2.62. The molecular formula is C63H57B3N3O. The first kappa shape index (κ1) is 42.1. The molecule has 1 N–H and O–H groups in total. The number of anilines is 7. The van der Waals surface area contributed by atoms with Crippen LogP contribution in [0.4, 0.5) is 39.8 Å². The van der Waals surface area contributed by atoms with Crippen molar-refractivity contribution in [2.75, 3.05) is 15.1 Å². The van der Waals surface area contributed by atoms with Gasteiger partial charge in [0, 0.05) is 45.7 Å². The molecule has 0 unspecified atom stereocenters. The fraction of sp³-hybridized carbons (Fsp3) is 0.238. The third-order valence-corrected chi connectivity index (χ3v) is 17.5. The van der Waals surface area contributed by atoms with Crippen molar-refractivity contribution in [1.82, 2.24) is 0 Å². The van der Waals surface area contributed by atoms with Crippen LogP contribution in [0, 0.1) is 52.4 Å². The number of fused-ring (bicyclic) bond motifs is 6. The van der Waals surface area contributed by atoms with Crippen molar-refractivity contribution < 1.29 is 4.74 Å². The van der Waals surface area contributed by atoms with Gasteiger partial charge in [0.1, 0.15) is 11.5 Å². The maximum absolute atomic E-state index is 7.49. The Morgan fingerprint density at radius 1 is 0.500 bits per heavy atom. The zero-order valence-corrected chi connectivity index (χ0v) is 41.0. The largest absolute Gasteiger partial charge is 0.458 e. The van der Waals surface area contributed by atoms with E-state index in [1.807, 2.05) is 0 Å². The molecule has 339 valence electrons. The minimum Gasteiger partial charge on any atom is -0.458 e. The molecule has 8 aromatic carbocycles. The van der Waals surface area contributed by atoms with Gasteiger partial charge in [0.25, 0.3) is 6.71 Å². The van der Waals surface area contributed by atoms with E-state index in [0.29, 0.717) is 0 Å². The van der Waals surface area contributed by atoms with E-state index in [0.717, 1.165) is 46.3 Å². The summed E-state index contributed by atoms with van der Waals surface area (Å²) in [5, 5.41) is 3.89. The van der Waals surface area contributed by atoms with Gasteiger partial charge in [0.15, 0.2) is 7.28 Å². The van der Waals surface area contributed by atoms with E-state index in [4.69, 9.17) is 4.74 Å². The molecule has 0 spiro atoms. The fourth-order valence-corrected chi connectivity index (χ4v) is 15.0. The van der Waals surface area contributed by atoms with Crippen molar-refractivity contribution in [3.05, 3.63) is 186 Å². The number of aryl methyl sites for hydroxylation is 5. The average molecular weight is 905 g/mol. The van der Waals surface area contributed by atoms with Crippen LogP contribution in [0.15, 0.2) is 158 Å². The highest BCUT2D eigenvalue weighted by Gasteiger charge is 2.57. The summed E-state index contributed by atoms with van der Waals surface area (Å²) >= 11 is 0. The van der Waals surface area contributed by atoms with E-state index >= 15 is 0 Å². The van der Waals surface area contributed by atoms with Gasteiger partial charge in [-0.25, -0.2) is 0 Å². The number of para-hydroxylation sites is 3. The highest BCUT2D eigenvalue weighted by Crippen LogP contribution is 2.61. The molecule has 3 aliphatic heterocycles. The van der Waals surface area contributed by atoms with E-state index in [-0.39, 0.29) is 19.0 Å². The molecule has 0 aromatic heterocycles. The lowest BCUT2D eigenvalue weighted by atomic mass is 9.30. The van der Waals surface area contributed by atoms with Crippen LogP contribution in [0.1, 0.15) is 66.3 Å².